The van der Waals surface area contributed by atoms with Crippen LogP contribution in [-0.2, 0) is 6.54 Å². The summed E-state index contributed by atoms with van der Waals surface area (Å²) in [6.45, 7) is 0.322. The van der Waals surface area contributed by atoms with Crippen molar-refractivity contribution in [3.05, 3.63) is 64.0 Å². The molecule has 2 rings (SSSR count). The Morgan fingerprint density at radius 3 is 2.86 bits per heavy atom. The van der Waals surface area contributed by atoms with E-state index in [2.05, 4.69) is 10.5 Å². The Morgan fingerprint density at radius 1 is 1.38 bits per heavy atom. The smallest absolute Gasteiger partial charge is 0.332 e. The SMILES string of the molecule is NC(=O)NN=Cc1cccn1Cc1ccccc1[N+](=O)[O-]. The molecule has 1 aromatic carbocycles. The van der Waals surface area contributed by atoms with Crippen LogP contribution in [0.15, 0.2) is 47.7 Å². The molecule has 1 heterocycles. The fourth-order valence-corrected chi connectivity index (χ4v) is 1.86. The van der Waals surface area contributed by atoms with Crippen molar-refractivity contribution in [2.45, 2.75) is 6.54 Å². The number of carbonyl (C=O) groups excluding carboxylic acids is 1. The number of primary amides is 1. The molecule has 0 bridgehead atoms. The fourth-order valence-electron chi connectivity index (χ4n) is 1.86. The number of nitrogens with zero attached hydrogens (tertiary/aromatic N) is 3. The van der Waals surface area contributed by atoms with Crippen LogP contribution in [0.3, 0.4) is 0 Å². The monoisotopic (exact) mass is 287 g/mol. The van der Waals surface area contributed by atoms with Gasteiger partial charge < -0.3 is 10.3 Å². The molecule has 0 aliphatic heterocycles. The number of hydrazone groups is 1. The number of aromatic nitrogens is 1. The first kappa shape index (κ1) is 14.3. The molecule has 2 amide bonds. The molecule has 108 valence electrons. The van der Waals surface area contributed by atoms with Gasteiger partial charge in [-0.1, -0.05) is 18.2 Å². The third kappa shape index (κ3) is 3.66. The lowest BCUT2D eigenvalue weighted by Crippen LogP contribution is -2.24. The Morgan fingerprint density at radius 2 is 2.14 bits per heavy atom. The number of carbonyl (C=O) groups is 1. The van der Waals surface area contributed by atoms with Crippen LogP contribution in [0.5, 0.6) is 0 Å². The molecule has 3 N–H and O–H groups in total. The number of nitrogens with one attached hydrogen (secondary N) is 1. The summed E-state index contributed by atoms with van der Waals surface area (Å²) >= 11 is 0. The molecule has 8 heteroatoms. The zero-order valence-electron chi connectivity index (χ0n) is 11.0. The molecule has 0 radical (unpaired) electrons. The number of nitrogens with two attached hydrogens (primary N) is 1. The van der Waals surface area contributed by atoms with Gasteiger partial charge in [0.05, 0.1) is 23.4 Å². The van der Waals surface area contributed by atoms with Gasteiger partial charge in [0, 0.05) is 17.8 Å². The number of para-hydroxylation sites is 1. The van der Waals surface area contributed by atoms with Crippen molar-refractivity contribution in [1.29, 1.82) is 0 Å². The second-order valence-electron chi connectivity index (χ2n) is 4.18. The summed E-state index contributed by atoms with van der Waals surface area (Å²) in [7, 11) is 0. The van der Waals surface area contributed by atoms with Crippen LogP contribution in [0.1, 0.15) is 11.3 Å². The first-order valence-electron chi connectivity index (χ1n) is 6.04. The van der Waals surface area contributed by atoms with E-state index in [0.717, 1.165) is 0 Å². The lowest BCUT2D eigenvalue weighted by Gasteiger charge is -2.07. The van der Waals surface area contributed by atoms with Gasteiger partial charge in [0.15, 0.2) is 0 Å². The minimum absolute atomic E-state index is 0.0596. The van der Waals surface area contributed by atoms with Crippen molar-refractivity contribution in [3.63, 3.8) is 0 Å². The topological polar surface area (TPSA) is 116 Å². The first-order chi connectivity index (χ1) is 10.1. The Hall–Kier alpha value is -3.16. The number of urea groups is 1. The summed E-state index contributed by atoms with van der Waals surface area (Å²) in [6.07, 6.45) is 3.18. The van der Waals surface area contributed by atoms with Gasteiger partial charge in [-0.2, -0.15) is 5.10 Å². The average molecular weight is 287 g/mol. The van der Waals surface area contributed by atoms with E-state index in [0.29, 0.717) is 17.8 Å². The first-order valence-corrected chi connectivity index (χ1v) is 6.04. The normalized spacial score (nSPS) is 10.7. The summed E-state index contributed by atoms with van der Waals surface area (Å²) in [5.74, 6) is 0. The number of hydrogen-bond acceptors (Lipinski definition) is 4. The van der Waals surface area contributed by atoms with E-state index in [1.807, 2.05) is 0 Å². The minimum atomic E-state index is -0.761. The molecule has 0 saturated carbocycles. The summed E-state index contributed by atoms with van der Waals surface area (Å²) in [5.41, 5.74) is 8.31. The number of benzene rings is 1. The molecule has 0 unspecified atom stereocenters. The molecular formula is C13H13N5O3. The molecule has 0 aliphatic carbocycles. The zero-order valence-corrected chi connectivity index (χ0v) is 11.0. The minimum Gasteiger partial charge on any atom is -0.350 e. The number of rotatable bonds is 5. The lowest BCUT2D eigenvalue weighted by molar-refractivity contribution is -0.385. The molecule has 0 spiro atoms. The van der Waals surface area contributed by atoms with Gasteiger partial charge in [0.2, 0.25) is 0 Å². The number of hydrogen-bond donors (Lipinski definition) is 2. The van der Waals surface area contributed by atoms with E-state index >= 15 is 0 Å². The van der Waals surface area contributed by atoms with Gasteiger partial charge in [0.1, 0.15) is 0 Å². The highest BCUT2D eigenvalue weighted by molar-refractivity contribution is 5.79. The highest BCUT2D eigenvalue weighted by atomic mass is 16.6. The highest BCUT2D eigenvalue weighted by Gasteiger charge is 2.13. The van der Waals surface area contributed by atoms with Gasteiger partial charge in [-0.05, 0) is 12.1 Å². The van der Waals surface area contributed by atoms with Gasteiger partial charge in [-0.25, -0.2) is 10.2 Å². The van der Waals surface area contributed by atoms with Gasteiger partial charge in [0.25, 0.3) is 5.69 Å². The van der Waals surface area contributed by atoms with Gasteiger partial charge in [-0.15, -0.1) is 0 Å². The number of nitro groups is 1. The molecule has 2 aromatic rings. The van der Waals surface area contributed by atoms with Crippen LogP contribution in [0, 0.1) is 10.1 Å². The summed E-state index contributed by atoms with van der Waals surface area (Å²) in [4.78, 5) is 21.1. The zero-order chi connectivity index (χ0) is 15.2. The Bertz CT molecular complexity index is 693. The van der Waals surface area contributed by atoms with E-state index in [1.165, 1.54) is 12.3 Å². The van der Waals surface area contributed by atoms with Crippen LogP contribution in [0.4, 0.5) is 10.5 Å². The van der Waals surface area contributed by atoms with Crippen LogP contribution in [0.25, 0.3) is 0 Å². The van der Waals surface area contributed by atoms with Crippen LogP contribution < -0.4 is 11.2 Å². The standard InChI is InChI=1S/C13H13N5O3/c14-13(19)16-15-8-11-5-3-7-17(11)9-10-4-1-2-6-12(10)18(20)21/h1-8H,9H2,(H3,14,16,19). The molecule has 0 atom stereocenters. The molecule has 21 heavy (non-hydrogen) atoms. The quantitative estimate of drug-likeness (QED) is 0.492. The van der Waals surface area contributed by atoms with Gasteiger partial charge >= 0.3 is 6.03 Å². The third-order valence-corrected chi connectivity index (χ3v) is 2.77. The number of amides is 2. The Balaban J connectivity index is 2.22. The van der Waals surface area contributed by atoms with Crippen molar-refractivity contribution in [2.75, 3.05) is 0 Å². The molecule has 0 saturated heterocycles. The molecule has 1 aromatic heterocycles. The van der Waals surface area contributed by atoms with Crippen LogP contribution >= 0.6 is 0 Å². The van der Waals surface area contributed by atoms with E-state index in [1.54, 1.807) is 41.1 Å². The third-order valence-electron chi connectivity index (χ3n) is 2.77. The molecule has 0 aliphatic rings. The van der Waals surface area contributed by atoms with Crippen molar-refractivity contribution >= 4 is 17.9 Å². The largest absolute Gasteiger partial charge is 0.350 e. The van der Waals surface area contributed by atoms with E-state index < -0.39 is 11.0 Å². The Labute approximate surface area is 120 Å². The molecule has 0 fully saturated rings. The second kappa shape index (κ2) is 6.33. The van der Waals surface area contributed by atoms with Gasteiger partial charge in [-0.3, -0.25) is 10.1 Å². The van der Waals surface area contributed by atoms with Crippen molar-refractivity contribution < 1.29 is 9.72 Å². The van der Waals surface area contributed by atoms with Crippen LogP contribution in [0.2, 0.25) is 0 Å². The second-order valence-corrected chi connectivity index (χ2v) is 4.18. The molecule has 8 nitrogen and oxygen atoms in total. The Kier molecular flexibility index (Phi) is 4.30. The van der Waals surface area contributed by atoms with E-state index in [-0.39, 0.29) is 5.69 Å². The highest BCUT2D eigenvalue weighted by Crippen LogP contribution is 2.19. The van der Waals surface area contributed by atoms with E-state index in [4.69, 9.17) is 5.73 Å². The average Bonchev–Trinajstić information content (AvgIpc) is 2.86. The summed E-state index contributed by atoms with van der Waals surface area (Å²) in [6, 6.07) is 9.30. The maximum Gasteiger partial charge on any atom is 0.332 e. The van der Waals surface area contributed by atoms with Crippen molar-refractivity contribution in [3.8, 4) is 0 Å². The maximum atomic E-state index is 11.0. The van der Waals surface area contributed by atoms with Crippen LogP contribution in [-0.4, -0.2) is 21.7 Å². The van der Waals surface area contributed by atoms with Crippen molar-refractivity contribution in [2.24, 2.45) is 10.8 Å². The van der Waals surface area contributed by atoms with Crippen molar-refractivity contribution in [1.82, 2.24) is 9.99 Å². The predicted octanol–water partition coefficient (Wildman–Crippen LogP) is 1.45. The fraction of sp³-hybridized carbons (Fsp3) is 0.0769. The number of nitro benzene ring substituents is 1. The maximum absolute atomic E-state index is 11.0. The summed E-state index contributed by atoms with van der Waals surface area (Å²) in [5, 5.41) is 14.7. The summed E-state index contributed by atoms with van der Waals surface area (Å²) < 4.78 is 1.77. The predicted molar refractivity (Wildman–Crippen MR) is 76.9 cm³/mol. The van der Waals surface area contributed by atoms with E-state index in [9.17, 15) is 14.9 Å². The lowest BCUT2D eigenvalue weighted by atomic mass is 10.2. The molecular weight excluding hydrogens is 274 g/mol.